The average molecular weight is 266 g/mol. The predicted octanol–water partition coefficient (Wildman–Crippen LogP) is 1.65. The van der Waals surface area contributed by atoms with Gasteiger partial charge in [-0.15, -0.1) is 0 Å². The second kappa shape index (κ2) is 9.22. The maximum atomic E-state index is 11.3. The van der Waals surface area contributed by atoms with Gasteiger partial charge in [0.2, 0.25) is 5.91 Å². The van der Waals surface area contributed by atoms with E-state index in [1.165, 1.54) is 0 Å². The number of ether oxygens (including phenoxy) is 2. The molecule has 0 spiro atoms. The number of carbonyl (C=O) groups is 1. The van der Waals surface area contributed by atoms with Crippen molar-refractivity contribution >= 4 is 11.6 Å². The Hall–Kier alpha value is -1.75. The highest BCUT2D eigenvalue weighted by Crippen LogP contribution is 2.16. The molecule has 0 radical (unpaired) electrons. The smallest absolute Gasteiger partial charge is 0.239 e. The van der Waals surface area contributed by atoms with Crippen molar-refractivity contribution in [1.82, 2.24) is 5.32 Å². The lowest BCUT2D eigenvalue weighted by Crippen LogP contribution is -2.29. The van der Waals surface area contributed by atoms with E-state index in [1.807, 2.05) is 38.1 Å². The summed E-state index contributed by atoms with van der Waals surface area (Å²) in [4.78, 5) is 11.3. The van der Waals surface area contributed by atoms with Crippen LogP contribution in [0.2, 0.25) is 0 Å². The molecule has 0 heterocycles. The molecule has 106 valence electrons. The minimum atomic E-state index is -0.0230. The molecule has 19 heavy (non-hydrogen) atoms. The summed E-state index contributed by atoms with van der Waals surface area (Å²) in [5.41, 5.74) is 0.861. The van der Waals surface area contributed by atoms with Crippen LogP contribution < -0.4 is 15.4 Å². The lowest BCUT2D eigenvalue weighted by molar-refractivity contribution is -0.119. The molecule has 0 atom stereocenters. The highest BCUT2D eigenvalue weighted by molar-refractivity contribution is 5.80. The number of likely N-dealkylation sites (N-methyl/N-ethyl adjacent to an activating group) is 1. The summed E-state index contributed by atoms with van der Waals surface area (Å²) < 4.78 is 10.7. The first kappa shape index (κ1) is 15.3. The van der Waals surface area contributed by atoms with E-state index in [0.717, 1.165) is 11.4 Å². The molecule has 1 aromatic rings. The third-order valence-electron chi connectivity index (χ3n) is 2.36. The fraction of sp³-hybridized carbons (Fsp3) is 0.500. The standard InChI is InChI=1S/C14H22N2O3/c1-3-15-14(17)11-16-12-6-5-7-13(10-12)19-9-8-18-4-2/h5-7,10,16H,3-4,8-9,11H2,1-2H3,(H,15,17). The Morgan fingerprint density at radius 2 is 2.11 bits per heavy atom. The quantitative estimate of drug-likeness (QED) is 0.667. The fourth-order valence-electron chi connectivity index (χ4n) is 1.50. The first-order chi connectivity index (χ1) is 9.26. The van der Waals surface area contributed by atoms with Crippen LogP contribution in [0.15, 0.2) is 24.3 Å². The minimum absolute atomic E-state index is 0.0230. The second-order valence-electron chi connectivity index (χ2n) is 3.88. The molecule has 5 nitrogen and oxygen atoms in total. The van der Waals surface area contributed by atoms with Gasteiger partial charge >= 0.3 is 0 Å². The molecule has 1 aromatic carbocycles. The highest BCUT2D eigenvalue weighted by Gasteiger charge is 2.00. The summed E-state index contributed by atoms with van der Waals surface area (Å²) in [6.45, 7) is 6.53. The summed E-state index contributed by atoms with van der Waals surface area (Å²) in [5.74, 6) is 0.741. The molecule has 0 aromatic heterocycles. The Morgan fingerprint density at radius 1 is 1.26 bits per heavy atom. The van der Waals surface area contributed by atoms with Crippen molar-refractivity contribution in [2.75, 3.05) is 38.2 Å². The Morgan fingerprint density at radius 3 is 2.84 bits per heavy atom. The average Bonchev–Trinajstić information content (AvgIpc) is 2.42. The van der Waals surface area contributed by atoms with Gasteiger partial charge < -0.3 is 20.1 Å². The number of hydrogen-bond acceptors (Lipinski definition) is 4. The van der Waals surface area contributed by atoms with Crippen LogP contribution in [-0.2, 0) is 9.53 Å². The molecule has 5 heteroatoms. The van der Waals surface area contributed by atoms with Crippen molar-refractivity contribution in [3.63, 3.8) is 0 Å². The minimum Gasteiger partial charge on any atom is -0.491 e. The molecule has 0 bridgehead atoms. The van der Waals surface area contributed by atoms with E-state index in [9.17, 15) is 4.79 Å². The lowest BCUT2D eigenvalue weighted by Gasteiger charge is -2.09. The van der Waals surface area contributed by atoms with Gasteiger partial charge in [-0.05, 0) is 26.0 Å². The molecule has 2 N–H and O–H groups in total. The summed E-state index contributed by atoms with van der Waals surface area (Å²) in [6.07, 6.45) is 0. The molecule has 0 saturated carbocycles. The predicted molar refractivity (Wildman–Crippen MR) is 75.6 cm³/mol. The molecule has 1 rings (SSSR count). The van der Waals surface area contributed by atoms with Gasteiger partial charge in [0.15, 0.2) is 0 Å². The van der Waals surface area contributed by atoms with Crippen molar-refractivity contribution in [1.29, 1.82) is 0 Å². The van der Waals surface area contributed by atoms with Crippen LogP contribution in [0.4, 0.5) is 5.69 Å². The molecule has 0 aliphatic heterocycles. The van der Waals surface area contributed by atoms with E-state index in [1.54, 1.807) is 0 Å². The zero-order valence-corrected chi connectivity index (χ0v) is 11.6. The van der Waals surface area contributed by atoms with E-state index >= 15 is 0 Å². The number of benzene rings is 1. The van der Waals surface area contributed by atoms with Crippen LogP contribution in [0.25, 0.3) is 0 Å². The molecule has 0 aliphatic carbocycles. The van der Waals surface area contributed by atoms with Gasteiger partial charge in [0, 0.05) is 24.9 Å². The van der Waals surface area contributed by atoms with E-state index in [2.05, 4.69) is 10.6 Å². The van der Waals surface area contributed by atoms with Gasteiger partial charge in [0.25, 0.3) is 0 Å². The van der Waals surface area contributed by atoms with Crippen LogP contribution in [0.3, 0.4) is 0 Å². The SMILES string of the molecule is CCNC(=O)CNc1cccc(OCCOCC)c1. The number of amides is 1. The summed E-state index contributed by atoms with van der Waals surface area (Å²) in [6, 6.07) is 7.53. The van der Waals surface area contributed by atoms with Crippen molar-refractivity contribution in [3.8, 4) is 5.75 Å². The van der Waals surface area contributed by atoms with Crippen molar-refractivity contribution in [3.05, 3.63) is 24.3 Å². The number of hydrogen-bond donors (Lipinski definition) is 2. The monoisotopic (exact) mass is 266 g/mol. The first-order valence-electron chi connectivity index (χ1n) is 6.57. The van der Waals surface area contributed by atoms with Crippen molar-refractivity contribution < 1.29 is 14.3 Å². The van der Waals surface area contributed by atoms with Gasteiger partial charge in [0.05, 0.1) is 13.2 Å². The number of carbonyl (C=O) groups excluding carboxylic acids is 1. The van der Waals surface area contributed by atoms with Crippen LogP contribution in [0, 0.1) is 0 Å². The summed E-state index contributed by atoms with van der Waals surface area (Å²) >= 11 is 0. The maximum absolute atomic E-state index is 11.3. The third-order valence-corrected chi connectivity index (χ3v) is 2.36. The zero-order valence-electron chi connectivity index (χ0n) is 11.6. The van der Waals surface area contributed by atoms with Crippen LogP contribution in [0.5, 0.6) is 5.75 Å². The molecule has 0 fully saturated rings. The van der Waals surface area contributed by atoms with E-state index < -0.39 is 0 Å². The molecule has 0 aliphatic rings. The zero-order chi connectivity index (χ0) is 13.9. The van der Waals surface area contributed by atoms with Crippen molar-refractivity contribution in [2.45, 2.75) is 13.8 Å². The molecule has 0 unspecified atom stereocenters. The van der Waals surface area contributed by atoms with Crippen molar-refractivity contribution in [2.24, 2.45) is 0 Å². The Bertz CT molecular complexity index is 383. The second-order valence-corrected chi connectivity index (χ2v) is 3.88. The largest absolute Gasteiger partial charge is 0.491 e. The number of nitrogens with one attached hydrogen (secondary N) is 2. The fourth-order valence-corrected chi connectivity index (χ4v) is 1.50. The summed E-state index contributed by atoms with van der Waals surface area (Å²) in [7, 11) is 0. The highest BCUT2D eigenvalue weighted by atomic mass is 16.5. The molecule has 1 amide bonds. The molecular weight excluding hydrogens is 244 g/mol. The molecular formula is C14H22N2O3. The molecule has 0 saturated heterocycles. The van der Waals surface area contributed by atoms with E-state index in [0.29, 0.717) is 26.4 Å². The van der Waals surface area contributed by atoms with Gasteiger partial charge in [-0.1, -0.05) is 6.07 Å². The lowest BCUT2D eigenvalue weighted by atomic mass is 10.3. The van der Waals surface area contributed by atoms with Gasteiger partial charge in [-0.3, -0.25) is 4.79 Å². The number of rotatable bonds is 9. The van der Waals surface area contributed by atoms with Crippen LogP contribution >= 0.6 is 0 Å². The van der Waals surface area contributed by atoms with E-state index in [-0.39, 0.29) is 12.5 Å². The van der Waals surface area contributed by atoms with Gasteiger partial charge in [-0.2, -0.15) is 0 Å². The summed E-state index contributed by atoms with van der Waals surface area (Å²) in [5, 5.41) is 5.78. The maximum Gasteiger partial charge on any atom is 0.239 e. The van der Waals surface area contributed by atoms with E-state index in [4.69, 9.17) is 9.47 Å². The Balaban J connectivity index is 2.36. The van der Waals surface area contributed by atoms with Crippen LogP contribution in [0.1, 0.15) is 13.8 Å². The van der Waals surface area contributed by atoms with Gasteiger partial charge in [-0.25, -0.2) is 0 Å². The Labute approximate surface area is 114 Å². The topological polar surface area (TPSA) is 59.6 Å². The number of anilines is 1. The Kier molecular flexibility index (Phi) is 7.43. The normalized spacial score (nSPS) is 10.0. The van der Waals surface area contributed by atoms with Crippen LogP contribution in [-0.4, -0.2) is 38.8 Å². The first-order valence-corrected chi connectivity index (χ1v) is 6.57. The van der Waals surface area contributed by atoms with Gasteiger partial charge in [0.1, 0.15) is 12.4 Å². The third kappa shape index (κ3) is 6.67.